The van der Waals surface area contributed by atoms with Gasteiger partial charge >= 0.3 is 5.97 Å². The van der Waals surface area contributed by atoms with Crippen molar-refractivity contribution in [1.82, 2.24) is 15.0 Å². The summed E-state index contributed by atoms with van der Waals surface area (Å²) >= 11 is 0. The van der Waals surface area contributed by atoms with E-state index >= 15 is 0 Å². The molecule has 0 aliphatic heterocycles. The molecule has 1 N–H and O–H groups in total. The van der Waals surface area contributed by atoms with E-state index in [0.29, 0.717) is 17.8 Å². The molecule has 0 bridgehead atoms. The van der Waals surface area contributed by atoms with Crippen molar-refractivity contribution in [2.75, 3.05) is 0 Å². The third kappa shape index (κ3) is 2.97. The Morgan fingerprint density at radius 2 is 2.25 bits per heavy atom. The first-order chi connectivity index (χ1) is 9.47. The Bertz CT molecular complexity index is 665. The first kappa shape index (κ1) is 13.7. The average Bonchev–Trinajstić information content (AvgIpc) is 2.78. The van der Waals surface area contributed by atoms with Crippen LogP contribution in [0.5, 0.6) is 0 Å². The molecule has 0 radical (unpaired) electrons. The molecule has 0 unspecified atom stereocenters. The molecule has 1 aromatic carbocycles. The highest BCUT2D eigenvalue weighted by Gasteiger charge is 2.14. The van der Waals surface area contributed by atoms with Gasteiger partial charge in [0.25, 0.3) is 5.69 Å². The largest absolute Gasteiger partial charge is 0.481 e. The third-order valence-electron chi connectivity index (χ3n) is 2.86. The van der Waals surface area contributed by atoms with Crippen molar-refractivity contribution in [1.29, 1.82) is 0 Å². The quantitative estimate of drug-likeness (QED) is 0.648. The van der Waals surface area contributed by atoms with Crippen LogP contribution in [0.2, 0.25) is 0 Å². The van der Waals surface area contributed by atoms with Crippen molar-refractivity contribution in [3.63, 3.8) is 0 Å². The van der Waals surface area contributed by atoms with E-state index < -0.39 is 10.9 Å². The van der Waals surface area contributed by atoms with Crippen LogP contribution in [0.15, 0.2) is 24.4 Å². The molecule has 2 aromatic rings. The van der Waals surface area contributed by atoms with Crippen molar-refractivity contribution in [2.45, 2.75) is 19.9 Å². The molecule has 0 aliphatic carbocycles. The van der Waals surface area contributed by atoms with E-state index in [1.54, 1.807) is 19.1 Å². The Hall–Kier alpha value is -2.77. The summed E-state index contributed by atoms with van der Waals surface area (Å²) in [6.45, 7) is 1.97. The molecule has 2 rings (SSSR count). The fraction of sp³-hybridized carbons (Fsp3) is 0.250. The number of rotatable bonds is 5. The molecule has 104 valence electrons. The number of nitrogens with zero attached hydrogens (tertiary/aromatic N) is 4. The van der Waals surface area contributed by atoms with Crippen LogP contribution < -0.4 is 0 Å². The maximum Gasteiger partial charge on any atom is 0.309 e. The summed E-state index contributed by atoms with van der Waals surface area (Å²) in [5.74, 6) is -0.983. The lowest BCUT2D eigenvalue weighted by Gasteiger charge is -2.05. The number of carboxylic acid groups (broad SMARTS) is 1. The smallest absolute Gasteiger partial charge is 0.309 e. The van der Waals surface area contributed by atoms with E-state index in [2.05, 4.69) is 10.3 Å². The van der Waals surface area contributed by atoms with Crippen molar-refractivity contribution >= 4 is 11.7 Å². The molecule has 20 heavy (non-hydrogen) atoms. The van der Waals surface area contributed by atoms with Gasteiger partial charge in [-0.05, 0) is 12.5 Å². The summed E-state index contributed by atoms with van der Waals surface area (Å²) in [7, 11) is 0. The zero-order valence-electron chi connectivity index (χ0n) is 10.7. The van der Waals surface area contributed by atoms with Gasteiger partial charge in [0.2, 0.25) is 0 Å². The van der Waals surface area contributed by atoms with Crippen molar-refractivity contribution in [2.24, 2.45) is 0 Å². The Balaban J connectivity index is 2.22. The van der Waals surface area contributed by atoms with E-state index in [-0.39, 0.29) is 12.1 Å². The molecule has 0 aliphatic rings. The molecule has 8 heteroatoms. The number of nitro groups is 1. The maximum atomic E-state index is 10.9. The third-order valence-corrected chi connectivity index (χ3v) is 2.86. The predicted molar refractivity (Wildman–Crippen MR) is 68.3 cm³/mol. The van der Waals surface area contributed by atoms with Crippen LogP contribution in [0.1, 0.15) is 16.8 Å². The second-order valence-electron chi connectivity index (χ2n) is 4.30. The molecule has 0 saturated carbocycles. The fourth-order valence-electron chi connectivity index (χ4n) is 1.87. The number of hydrogen-bond acceptors (Lipinski definition) is 5. The molecule has 0 atom stereocenters. The van der Waals surface area contributed by atoms with Crippen LogP contribution in [-0.4, -0.2) is 31.0 Å². The van der Waals surface area contributed by atoms with Gasteiger partial charge in [-0.25, -0.2) is 4.68 Å². The summed E-state index contributed by atoms with van der Waals surface area (Å²) in [6, 6.07) is 4.81. The molecule has 0 amide bonds. The number of carbonyl (C=O) groups is 1. The average molecular weight is 276 g/mol. The van der Waals surface area contributed by atoms with E-state index in [1.807, 2.05) is 0 Å². The Kier molecular flexibility index (Phi) is 3.74. The lowest BCUT2D eigenvalue weighted by atomic mass is 10.1. The van der Waals surface area contributed by atoms with Crippen LogP contribution in [0.25, 0.3) is 0 Å². The van der Waals surface area contributed by atoms with Crippen LogP contribution >= 0.6 is 0 Å². The predicted octanol–water partition coefficient (Wildman–Crippen LogP) is 1.17. The Morgan fingerprint density at radius 3 is 2.90 bits per heavy atom. The van der Waals surface area contributed by atoms with Crippen LogP contribution in [0, 0.1) is 17.0 Å². The van der Waals surface area contributed by atoms with Gasteiger partial charge in [-0.2, -0.15) is 0 Å². The van der Waals surface area contributed by atoms with Gasteiger partial charge in [0.05, 0.1) is 23.6 Å². The van der Waals surface area contributed by atoms with Gasteiger partial charge < -0.3 is 5.11 Å². The number of nitro benzene ring substituents is 1. The van der Waals surface area contributed by atoms with Crippen LogP contribution in [0.4, 0.5) is 5.69 Å². The summed E-state index contributed by atoms with van der Waals surface area (Å²) in [5.41, 5.74) is 1.70. The standard InChI is InChI=1S/C12H12N4O4/c1-8-9(3-2-4-11(8)16(19)20)6-15-7-10(13-14-15)5-12(17)18/h2-4,7H,5-6H2,1H3,(H,17,18). The number of hydrogen-bond donors (Lipinski definition) is 1. The molecule has 0 spiro atoms. The second kappa shape index (κ2) is 5.47. The summed E-state index contributed by atoms with van der Waals surface area (Å²) in [4.78, 5) is 21.0. The molecular formula is C12H12N4O4. The number of carboxylic acids is 1. The molecule has 0 saturated heterocycles. The molecule has 1 heterocycles. The van der Waals surface area contributed by atoms with Crippen molar-refractivity contribution < 1.29 is 14.8 Å². The minimum absolute atomic E-state index is 0.0494. The lowest BCUT2D eigenvalue weighted by molar-refractivity contribution is -0.385. The monoisotopic (exact) mass is 276 g/mol. The van der Waals surface area contributed by atoms with E-state index in [9.17, 15) is 14.9 Å². The van der Waals surface area contributed by atoms with Gasteiger partial charge in [-0.15, -0.1) is 5.10 Å². The zero-order valence-corrected chi connectivity index (χ0v) is 10.7. The van der Waals surface area contributed by atoms with Gasteiger partial charge in [-0.3, -0.25) is 14.9 Å². The summed E-state index contributed by atoms with van der Waals surface area (Å²) in [6.07, 6.45) is 1.32. The first-order valence-corrected chi connectivity index (χ1v) is 5.81. The minimum Gasteiger partial charge on any atom is -0.481 e. The van der Waals surface area contributed by atoms with Crippen LogP contribution in [-0.2, 0) is 17.8 Å². The van der Waals surface area contributed by atoms with Crippen LogP contribution in [0.3, 0.4) is 0 Å². The number of benzene rings is 1. The first-order valence-electron chi connectivity index (χ1n) is 5.81. The minimum atomic E-state index is -0.983. The topological polar surface area (TPSA) is 111 Å². The highest BCUT2D eigenvalue weighted by atomic mass is 16.6. The summed E-state index contributed by atoms with van der Waals surface area (Å²) in [5, 5.41) is 27.1. The lowest BCUT2D eigenvalue weighted by Crippen LogP contribution is -2.04. The van der Waals surface area contributed by atoms with Crippen molar-refractivity contribution in [3.05, 3.63) is 51.3 Å². The SMILES string of the molecule is Cc1c(Cn2cc(CC(=O)O)nn2)cccc1[N+](=O)[O-]. The molecule has 1 aromatic heterocycles. The maximum absolute atomic E-state index is 10.9. The number of aliphatic carboxylic acids is 1. The van der Waals surface area contributed by atoms with Gasteiger partial charge in [0.1, 0.15) is 0 Å². The highest BCUT2D eigenvalue weighted by molar-refractivity contribution is 5.69. The van der Waals surface area contributed by atoms with E-state index in [4.69, 9.17) is 5.11 Å². The van der Waals surface area contributed by atoms with E-state index in [0.717, 1.165) is 5.56 Å². The van der Waals surface area contributed by atoms with Crippen molar-refractivity contribution in [3.8, 4) is 0 Å². The molecule has 8 nitrogen and oxygen atoms in total. The zero-order chi connectivity index (χ0) is 14.7. The Labute approximate surface area is 113 Å². The highest BCUT2D eigenvalue weighted by Crippen LogP contribution is 2.21. The van der Waals surface area contributed by atoms with E-state index in [1.165, 1.54) is 16.9 Å². The normalized spacial score (nSPS) is 10.4. The van der Waals surface area contributed by atoms with Gasteiger partial charge in [0, 0.05) is 17.8 Å². The molecule has 0 fully saturated rings. The fourth-order valence-corrected chi connectivity index (χ4v) is 1.87. The Morgan fingerprint density at radius 1 is 1.50 bits per heavy atom. The van der Waals surface area contributed by atoms with Gasteiger partial charge in [0.15, 0.2) is 0 Å². The second-order valence-corrected chi connectivity index (χ2v) is 4.30. The number of aromatic nitrogens is 3. The summed E-state index contributed by atoms with van der Waals surface area (Å²) < 4.78 is 1.46. The van der Waals surface area contributed by atoms with Gasteiger partial charge in [-0.1, -0.05) is 17.3 Å². The molecular weight excluding hydrogens is 264 g/mol.